The van der Waals surface area contributed by atoms with Gasteiger partial charge in [-0.2, -0.15) is 9.90 Å². The lowest BCUT2D eigenvalue weighted by molar-refractivity contribution is -0.145. The third-order valence-electron chi connectivity index (χ3n) is 4.33. The molecular formula is C18H23BrN4O2. The summed E-state index contributed by atoms with van der Waals surface area (Å²) in [7, 11) is 0. The van der Waals surface area contributed by atoms with Gasteiger partial charge in [-0.05, 0) is 46.2 Å². The molecule has 0 saturated heterocycles. The molecule has 6 nitrogen and oxygen atoms in total. The molecule has 2 aromatic rings. The average Bonchev–Trinajstić information content (AvgIpc) is 3.28. The summed E-state index contributed by atoms with van der Waals surface area (Å²) in [6, 6.07) is 7.67. The van der Waals surface area contributed by atoms with E-state index < -0.39 is 11.5 Å². The van der Waals surface area contributed by atoms with E-state index in [1.807, 2.05) is 32.9 Å². The molecule has 1 aliphatic rings. The zero-order chi connectivity index (χ0) is 18.4. The van der Waals surface area contributed by atoms with Gasteiger partial charge in [-0.15, -0.1) is 5.10 Å². The van der Waals surface area contributed by atoms with E-state index >= 15 is 0 Å². The first-order chi connectivity index (χ1) is 11.6. The highest BCUT2D eigenvalue weighted by molar-refractivity contribution is 9.10. The molecule has 0 amide bonds. The fraction of sp³-hybridized carbons (Fsp3) is 0.500. The summed E-state index contributed by atoms with van der Waals surface area (Å²) in [4.78, 5) is 13.6. The van der Waals surface area contributed by atoms with Gasteiger partial charge < -0.3 is 10.8 Å². The summed E-state index contributed by atoms with van der Waals surface area (Å²) in [6.45, 7) is 5.96. The second-order valence-electron chi connectivity index (χ2n) is 7.98. The molecule has 1 heterocycles. The van der Waals surface area contributed by atoms with E-state index in [-0.39, 0.29) is 5.41 Å². The highest BCUT2D eigenvalue weighted by Crippen LogP contribution is 2.37. The number of nitrogens with two attached hydrogens (primary N) is 1. The zero-order valence-corrected chi connectivity index (χ0v) is 16.2. The normalized spacial score (nSPS) is 17.3. The first-order valence-corrected chi connectivity index (χ1v) is 9.15. The van der Waals surface area contributed by atoms with Crippen molar-refractivity contribution in [3.8, 4) is 11.3 Å². The highest BCUT2D eigenvalue weighted by Gasteiger charge is 2.39. The SMILES string of the molecule is CC(C)(C)C[C@](N)(C(=O)O)c1ccc(-c2nn(C3CC3)nc2Br)cc1. The van der Waals surface area contributed by atoms with Crippen molar-refractivity contribution in [1.82, 2.24) is 15.0 Å². The summed E-state index contributed by atoms with van der Waals surface area (Å²) in [5.74, 6) is -1.02. The van der Waals surface area contributed by atoms with Crippen LogP contribution in [0.3, 0.4) is 0 Å². The summed E-state index contributed by atoms with van der Waals surface area (Å²) in [5, 5.41) is 18.6. The number of hydrogen-bond donors (Lipinski definition) is 2. The number of benzene rings is 1. The topological polar surface area (TPSA) is 94.0 Å². The number of hydrogen-bond acceptors (Lipinski definition) is 4. The van der Waals surface area contributed by atoms with Gasteiger partial charge in [0.1, 0.15) is 11.2 Å². The predicted octanol–water partition coefficient (Wildman–Crippen LogP) is 3.72. The van der Waals surface area contributed by atoms with Gasteiger partial charge in [0.25, 0.3) is 0 Å². The lowest BCUT2D eigenvalue weighted by Crippen LogP contribution is -2.47. The molecule has 1 fully saturated rings. The van der Waals surface area contributed by atoms with Gasteiger partial charge in [0, 0.05) is 5.56 Å². The minimum Gasteiger partial charge on any atom is -0.480 e. The van der Waals surface area contributed by atoms with Crippen LogP contribution in [0.2, 0.25) is 0 Å². The van der Waals surface area contributed by atoms with Crippen molar-refractivity contribution in [2.45, 2.75) is 51.6 Å². The Kier molecular flexibility index (Phi) is 4.49. The molecule has 0 unspecified atom stereocenters. The van der Waals surface area contributed by atoms with Crippen LogP contribution in [0.4, 0.5) is 0 Å². The van der Waals surface area contributed by atoms with Gasteiger partial charge in [0.15, 0.2) is 4.60 Å². The lowest BCUT2D eigenvalue weighted by atomic mass is 9.76. The molecule has 0 radical (unpaired) electrons. The second-order valence-corrected chi connectivity index (χ2v) is 8.73. The molecular weight excluding hydrogens is 384 g/mol. The van der Waals surface area contributed by atoms with Crippen LogP contribution in [0.5, 0.6) is 0 Å². The van der Waals surface area contributed by atoms with Gasteiger partial charge in [-0.25, -0.2) is 4.79 Å². The summed E-state index contributed by atoms with van der Waals surface area (Å²) < 4.78 is 0.694. The van der Waals surface area contributed by atoms with E-state index in [1.54, 1.807) is 16.9 Å². The van der Waals surface area contributed by atoms with Gasteiger partial charge in [-0.1, -0.05) is 45.0 Å². The van der Waals surface area contributed by atoms with Gasteiger partial charge in [-0.3, -0.25) is 0 Å². The molecule has 3 N–H and O–H groups in total. The van der Waals surface area contributed by atoms with E-state index in [9.17, 15) is 9.90 Å². The van der Waals surface area contributed by atoms with Crippen molar-refractivity contribution in [2.24, 2.45) is 11.1 Å². The van der Waals surface area contributed by atoms with Crippen molar-refractivity contribution in [2.75, 3.05) is 0 Å². The fourth-order valence-corrected chi connectivity index (χ4v) is 3.48. The van der Waals surface area contributed by atoms with Crippen LogP contribution >= 0.6 is 15.9 Å². The smallest absolute Gasteiger partial charge is 0.328 e. The number of halogens is 1. The number of aliphatic carboxylic acids is 1. The molecule has 1 aliphatic carbocycles. The number of aromatic nitrogens is 3. The van der Waals surface area contributed by atoms with E-state index in [2.05, 4.69) is 26.1 Å². The third-order valence-corrected chi connectivity index (χ3v) is 4.86. The Hall–Kier alpha value is -1.73. The largest absolute Gasteiger partial charge is 0.480 e. The lowest BCUT2D eigenvalue weighted by Gasteiger charge is -2.32. The maximum atomic E-state index is 11.8. The summed E-state index contributed by atoms with van der Waals surface area (Å²) >= 11 is 3.46. The van der Waals surface area contributed by atoms with Gasteiger partial charge in [0.05, 0.1) is 6.04 Å². The Labute approximate surface area is 155 Å². The molecule has 3 rings (SSSR count). The molecule has 0 spiro atoms. The summed E-state index contributed by atoms with van der Waals surface area (Å²) in [6.07, 6.45) is 2.57. The fourth-order valence-electron chi connectivity index (χ4n) is 3.01. The molecule has 134 valence electrons. The van der Waals surface area contributed by atoms with Crippen LogP contribution in [0.25, 0.3) is 11.3 Å². The predicted molar refractivity (Wildman–Crippen MR) is 99.0 cm³/mol. The van der Waals surface area contributed by atoms with Crippen LogP contribution in [0.1, 0.15) is 51.6 Å². The molecule has 1 aromatic carbocycles. The van der Waals surface area contributed by atoms with Crippen LogP contribution in [-0.4, -0.2) is 26.1 Å². The van der Waals surface area contributed by atoms with E-state index in [0.29, 0.717) is 22.6 Å². The highest BCUT2D eigenvalue weighted by atomic mass is 79.9. The van der Waals surface area contributed by atoms with Crippen molar-refractivity contribution < 1.29 is 9.90 Å². The van der Waals surface area contributed by atoms with E-state index in [1.165, 1.54) is 0 Å². The van der Waals surface area contributed by atoms with Crippen LogP contribution in [0, 0.1) is 5.41 Å². The van der Waals surface area contributed by atoms with Crippen molar-refractivity contribution in [1.29, 1.82) is 0 Å². The van der Waals surface area contributed by atoms with Gasteiger partial charge >= 0.3 is 5.97 Å². The Bertz CT molecular complexity index is 790. The molecule has 0 aliphatic heterocycles. The maximum absolute atomic E-state index is 11.8. The van der Waals surface area contributed by atoms with Gasteiger partial charge in [0.2, 0.25) is 0 Å². The Morgan fingerprint density at radius 2 is 1.88 bits per heavy atom. The summed E-state index contributed by atoms with van der Waals surface area (Å²) in [5.41, 5.74) is 6.88. The number of carboxylic acid groups (broad SMARTS) is 1. The molecule has 1 saturated carbocycles. The molecule has 7 heteroatoms. The van der Waals surface area contributed by atoms with E-state index in [0.717, 1.165) is 24.1 Å². The van der Waals surface area contributed by atoms with E-state index in [4.69, 9.17) is 5.73 Å². The average molecular weight is 407 g/mol. The maximum Gasteiger partial charge on any atom is 0.328 e. The Morgan fingerprint density at radius 1 is 1.28 bits per heavy atom. The number of rotatable bonds is 5. The number of carboxylic acids is 1. The number of nitrogens with zero attached hydrogens (tertiary/aromatic N) is 3. The van der Waals surface area contributed by atoms with Crippen LogP contribution < -0.4 is 5.73 Å². The monoisotopic (exact) mass is 406 g/mol. The Balaban J connectivity index is 1.91. The minimum atomic E-state index is -1.42. The Morgan fingerprint density at radius 3 is 2.36 bits per heavy atom. The number of carbonyl (C=O) groups is 1. The van der Waals surface area contributed by atoms with Crippen molar-refractivity contribution in [3.05, 3.63) is 34.4 Å². The van der Waals surface area contributed by atoms with Crippen molar-refractivity contribution >= 4 is 21.9 Å². The standard InChI is InChI=1S/C18H23BrN4O2/c1-17(2,3)10-18(20,16(24)25)12-6-4-11(5-7-12)14-15(19)22-23(21-14)13-8-9-13/h4-7,13H,8-10,20H2,1-3H3,(H,24,25)/t18-/m1/s1. The molecule has 25 heavy (non-hydrogen) atoms. The third kappa shape index (κ3) is 3.77. The van der Waals surface area contributed by atoms with Crippen LogP contribution in [-0.2, 0) is 10.3 Å². The molecule has 1 aromatic heterocycles. The molecule has 1 atom stereocenters. The molecule has 0 bridgehead atoms. The first kappa shape index (κ1) is 18.1. The zero-order valence-electron chi connectivity index (χ0n) is 14.7. The quantitative estimate of drug-likeness (QED) is 0.788. The van der Waals surface area contributed by atoms with Crippen LogP contribution in [0.15, 0.2) is 28.9 Å². The van der Waals surface area contributed by atoms with Crippen molar-refractivity contribution in [3.63, 3.8) is 0 Å². The first-order valence-electron chi connectivity index (χ1n) is 8.36. The second kappa shape index (κ2) is 6.21. The minimum absolute atomic E-state index is 0.207.